The maximum absolute atomic E-state index is 10.2. The lowest BCUT2D eigenvalue weighted by Gasteiger charge is -2.46. The fraction of sp³-hybridized carbons (Fsp3) is 0.967. The highest BCUT2D eigenvalue weighted by atomic mass is 14.5. The molecule has 0 aliphatic heterocycles. The van der Waals surface area contributed by atoms with Crippen LogP contribution in [0.15, 0.2) is 0 Å². The molecule has 0 unspecified atom stereocenters. The van der Waals surface area contributed by atoms with Gasteiger partial charge in [-0.25, -0.2) is 0 Å². The van der Waals surface area contributed by atoms with Crippen molar-refractivity contribution in [1.29, 1.82) is 5.26 Å². The molecule has 31 heavy (non-hydrogen) atoms. The molecule has 3 aliphatic carbocycles. The van der Waals surface area contributed by atoms with E-state index in [4.69, 9.17) is 0 Å². The molecule has 3 saturated carbocycles. The Balaban J connectivity index is 1.38. The lowest BCUT2D eigenvalue weighted by atomic mass is 9.57. The minimum absolute atomic E-state index is 0.0427. The van der Waals surface area contributed by atoms with E-state index in [2.05, 4.69) is 19.9 Å². The monoisotopic (exact) mass is 427 g/mol. The van der Waals surface area contributed by atoms with Crippen molar-refractivity contribution in [3.8, 4) is 6.07 Å². The standard InChI is InChI=1S/C30H53N/c1-3-5-7-9-11-26-14-18-29(19-15-26)30(24-31)22-20-28(21-23-30)27-16-12-25(13-17-27)10-8-6-4-2/h25-29H,3-23H2,1-2H3. The van der Waals surface area contributed by atoms with Gasteiger partial charge < -0.3 is 0 Å². The van der Waals surface area contributed by atoms with E-state index in [1.54, 1.807) is 0 Å². The average Bonchev–Trinajstić information content (AvgIpc) is 2.83. The Labute approximate surface area is 195 Å². The van der Waals surface area contributed by atoms with Crippen LogP contribution in [-0.4, -0.2) is 0 Å². The number of rotatable bonds is 11. The number of unbranched alkanes of at least 4 members (excludes halogenated alkanes) is 5. The summed E-state index contributed by atoms with van der Waals surface area (Å²) in [6, 6.07) is 2.92. The number of hydrogen-bond acceptors (Lipinski definition) is 1. The highest BCUT2D eigenvalue weighted by Gasteiger charge is 2.44. The van der Waals surface area contributed by atoms with E-state index in [1.807, 2.05) is 0 Å². The molecule has 1 nitrogen and oxygen atoms in total. The minimum Gasteiger partial charge on any atom is -0.198 e. The van der Waals surface area contributed by atoms with Crippen LogP contribution >= 0.6 is 0 Å². The summed E-state index contributed by atoms with van der Waals surface area (Å²) < 4.78 is 0. The first kappa shape index (κ1) is 25.1. The second-order valence-electron chi connectivity index (χ2n) is 11.9. The van der Waals surface area contributed by atoms with E-state index in [9.17, 15) is 5.26 Å². The first-order chi connectivity index (χ1) is 15.2. The minimum atomic E-state index is 0.0427. The topological polar surface area (TPSA) is 23.8 Å². The summed E-state index contributed by atoms with van der Waals surface area (Å²) in [5.74, 6) is 4.63. The van der Waals surface area contributed by atoms with Crippen LogP contribution in [0, 0.1) is 46.3 Å². The number of hydrogen-bond donors (Lipinski definition) is 0. The third kappa shape index (κ3) is 7.24. The zero-order chi connectivity index (χ0) is 21.9. The van der Waals surface area contributed by atoms with Crippen molar-refractivity contribution in [2.75, 3.05) is 0 Å². The molecule has 0 amide bonds. The van der Waals surface area contributed by atoms with Gasteiger partial charge in [0.25, 0.3) is 0 Å². The van der Waals surface area contributed by atoms with E-state index < -0.39 is 0 Å². The van der Waals surface area contributed by atoms with Gasteiger partial charge in [0, 0.05) is 0 Å². The molecule has 0 heterocycles. The van der Waals surface area contributed by atoms with Gasteiger partial charge in [-0.05, 0) is 81.0 Å². The maximum atomic E-state index is 10.2. The van der Waals surface area contributed by atoms with Crippen molar-refractivity contribution < 1.29 is 0 Å². The van der Waals surface area contributed by atoms with Gasteiger partial charge in [0.15, 0.2) is 0 Å². The van der Waals surface area contributed by atoms with Crippen molar-refractivity contribution in [2.45, 2.75) is 149 Å². The van der Waals surface area contributed by atoms with Gasteiger partial charge in [-0.2, -0.15) is 5.26 Å². The van der Waals surface area contributed by atoms with Crippen molar-refractivity contribution in [3.05, 3.63) is 0 Å². The van der Waals surface area contributed by atoms with Crippen LogP contribution in [-0.2, 0) is 0 Å². The number of nitrogens with zero attached hydrogens (tertiary/aromatic N) is 1. The molecule has 0 bridgehead atoms. The van der Waals surface area contributed by atoms with Crippen molar-refractivity contribution >= 4 is 0 Å². The molecule has 0 radical (unpaired) electrons. The average molecular weight is 428 g/mol. The highest BCUT2D eigenvalue weighted by Crippen LogP contribution is 2.52. The molecule has 3 rings (SSSR count). The zero-order valence-electron chi connectivity index (χ0n) is 21.2. The van der Waals surface area contributed by atoms with Crippen LogP contribution in [0.1, 0.15) is 149 Å². The van der Waals surface area contributed by atoms with Gasteiger partial charge in [0.1, 0.15) is 0 Å². The molecule has 3 aliphatic rings. The van der Waals surface area contributed by atoms with E-state index in [0.717, 1.165) is 23.7 Å². The van der Waals surface area contributed by atoms with Gasteiger partial charge in [0.2, 0.25) is 0 Å². The summed E-state index contributed by atoms with van der Waals surface area (Å²) in [4.78, 5) is 0. The third-order valence-corrected chi connectivity index (χ3v) is 10.0. The predicted octanol–water partition coefficient (Wildman–Crippen LogP) is 9.85. The maximum Gasteiger partial charge on any atom is 0.0692 e. The van der Waals surface area contributed by atoms with Gasteiger partial charge in [-0.3, -0.25) is 0 Å². The molecule has 0 aromatic rings. The fourth-order valence-corrected chi connectivity index (χ4v) is 7.73. The molecule has 0 aromatic carbocycles. The Morgan fingerprint density at radius 1 is 0.613 bits per heavy atom. The first-order valence-corrected chi connectivity index (χ1v) is 14.6. The summed E-state index contributed by atoms with van der Waals surface area (Å²) in [5, 5.41) is 10.2. The van der Waals surface area contributed by atoms with Crippen molar-refractivity contribution in [3.63, 3.8) is 0 Å². The molecule has 0 saturated heterocycles. The van der Waals surface area contributed by atoms with E-state index in [1.165, 1.54) is 135 Å². The quantitative estimate of drug-likeness (QED) is 0.301. The normalized spacial score (nSPS) is 36.7. The van der Waals surface area contributed by atoms with E-state index in [0.29, 0.717) is 5.92 Å². The summed E-state index contributed by atoms with van der Waals surface area (Å²) in [5.41, 5.74) is 0.0427. The van der Waals surface area contributed by atoms with Crippen molar-refractivity contribution in [2.24, 2.45) is 35.0 Å². The third-order valence-electron chi connectivity index (χ3n) is 10.0. The molecule has 0 spiro atoms. The summed E-state index contributed by atoms with van der Waals surface area (Å²) in [6.07, 6.45) is 29.5. The molecule has 1 heteroatoms. The van der Waals surface area contributed by atoms with Gasteiger partial charge in [0.05, 0.1) is 11.5 Å². The molecular formula is C30H53N. The molecule has 0 aromatic heterocycles. The van der Waals surface area contributed by atoms with Crippen molar-refractivity contribution in [1.82, 2.24) is 0 Å². The SMILES string of the molecule is CCCCCCC1CCC(C2(C#N)CCC(C3CCC(CCCCC)CC3)CC2)CC1. The summed E-state index contributed by atoms with van der Waals surface area (Å²) >= 11 is 0. The molecule has 0 atom stereocenters. The Morgan fingerprint density at radius 3 is 1.65 bits per heavy atom. The lowest BCUT2D eigenvalue weighted by molar-refractivity contribution is 0.0601. The van der Waals surface area contributed by atoms with Gasteiger partial charge >= 0.3 is 0 Å². The number of nitriles is 1. The molecule has 3 fully saturated rings. The smallest absolute Gasteiger partial charge is 0.0692 e. The second-order valence-corrected chi connectivity index (χ2v) is 11.9. The van der Waals surface area contributed by atoms with E-state index in [-0.39, 0.29) is 5.41 Å². The highest BCUT2D eigenvalue weighted by molar-refractivity contribution is 5.06. The largest absolute Gasteiger partial charge is 0.198 e. The van der Waals surface area contributed by atoms with Crippen LogP contribution in [0.2, 0.25) is 0 Å². The molecule has 178 valence electrons. The zero-order valence-corrected chi connectivity index (χ0v) is 21.2. The first-order valence-electron chi connectivity index (χ1n) is 14.6. The van der Waals surface area contributed by atoms with Crippen LogP contribution in [0.4, 0.5) is 0 Å². The summed E-state index contributed by atoms with van der Waals surface area (Å²) in [6.45, 7) is 4.63. The van der Waals surface area contributed by atoms with Crippen LogP contribution in [0.25, 0.3) is 0 Å². The summed E-state index contributed by atoms with van der Waals surface area (Å²) in [7, 11) is 0. The Hall–Kier alpha value is -0.510. The Kier molecular flexibility index (Phi) is 10.7. The predicted molar refractivity (Wildman–Crippen MR) is 134 cm³/mol. The van der Waals surface area contributed by atoms with E-state index >= 15 is 0 Å². The van der Waals surface area contributed by atoms with Gasteiger partial charge in [-0.1, -0.05) is 97.3 Å². The fourth-order valence-electron chi connectivity index (χ4n) is 7.73. The Bertz CT molecular complexity index is 507. The lowest BCUT2D eigenvalue weighted by Crippen LogP contribution is -2.38. The van der Waals surface area contributed by atoms with Gasteiger partial charge in [-0.15, -0.1) is 0 Å². The van der Waals surface area contributed by atoms with Crippen LogP contribution in [0.5, 0.6) is 0 Å². The Morgan fingerprint density at radius 2 is 1.10 bits per heavy atom. The second kappa shape index (κ2) is 13.3. The molecule has 0 N–H and O–H groups in total. The van der Waals surface area contributed by atoms with Crippen LogP contribution < -0.4 is 0 Å². The van der Waals surface area contributed by atoms with Crippen LogP contribution in [0.3, 0.4) is 0 Å². The molecular weight excluding hydrogens is 374 g/mol.